The van der Waals surface area contributed by atoms with Gasteiger partial charge in [-0.15, -0.1) is 10.2 Å². The van der Waals surface area contributed by atoms with Gasteiger partial charge in [0.1, 0.15) is 5.82 Å². The monoisotopic (exact) mass is 427 g/mol. The molecule has 9 heteroatoms. The molecular weight excluding hydrogens is 405 g/mol. The molecule has 0 aliphatic carbocycles. The maximum absolute atomic E-state index is 14.5. The van der Waals surface area contributed by atoms with Crippen LogP contribution in [0.1, 0.15) is 19.4 Å². The molecular formula is C21H22FN5O2S. The highest BCUT2D eigenvalue weighted by Gasteiger charge is 2.28. The summed E-state index contributed by atoms with van der Waals surface area (Å²) in [5, 5.41) is 10.3. The number of nitrogens with one attached hydrogen (secondary N) is 1. The summed E-state index contributed by atoms with van der Waals surface area (Å²) in [4.78, 5) is 23.6. The van der Waals surface area contributed by atoms with Crippen molar-refractivity contribution in [3.8, 4) is 17.1 Å². The fourth-order valence-corrected chi connectivity index (χ4v) is 3.94. The van der Waals surface area contributed by atoms with Crippen molar-refractivity contribution in [1.82, 2.24) is 20.1 Å². The number of amides is 3. The van der Waals surface area contributed by atoms with Crippen LogP contribution in [0, 0.1) is 18.7 Å². The lowest BCUT2D eigenvalue weighted by Crippen LogP contribution is -2.42. The number of nitrogens with two attached hydrogens (primary N) is 1. The van der Waals surface area contributed by atoms with E-state index in [4.69, 9.17) is 5.73 Å². The molecule has 0 radical (unpaired) electrons. The summed E-state index contributed by atoms with van der Waals surface area (Å²) in [6.45, 7) is 5.66. The molecule has 1 atom stereocenters. The number of hydrogen-bond donors (Lipinski definition) is 2. The Bertz CT molecular complexity index is 1070. The van der Waals surface area contributed by atoms with E-state index in [0.29, 0.717) is 16.5 Å². The maximum atomic E-state index is 14.5. The quantitative estimate of drug-likeness (QED) is 0.584. The highest BCUT2D eigenvalue weighted by Crippen LogP contribution is 2.33. The van der Waals surface area contributed by atoms with Crippen molar-refractivity contribution in [2.45, 2.75) is 31.2 Å². The van der Waals surface area contributed by atoms with Crippen LogP contribution < -0.4 is 11.1 Å². The van der Waals surface area contributed by atoms with Gasteiger partial charge in [0.05, 0.1) is 10.8 Å². The van der Waals surface area contributed by atoms with Gasteiger partial charge in [0.25, 0.3) is 0 Å². The molecule has 0 spiro atoms. The number of nitrogens with zero attached hydrogens (tertiary/aromatic N) is 3. The Morgan fingerprint density at radius 2 is 1.77 bits per heavy atom. The number of aryl methyl sites for hydroxylation is 1. The highest BCUT2D eigenvalue weighted by atomic mass is 32.2. The number of urea groups is 1. The fraction of sp³-hybridized carbons (Fsp3) is 0.238. The summed E-state index contributed by atoms with van der Waals surface area (Å²) in [5.41, 5.74) is 7.18. The number of carbonyl (C=O) groups is 2. The number of hydrogen-bond acceptors (Lipinski definition) is 5. The molecule has 2 aromatic carbocycles. The van der Waals surface area contributed by atoms with E-state index in [1.807, 2.05) is 45.0 Å². The first-order valence-corrected chi connectivity index (χ1v) is 10.2. The van der Waals surface area contributed by atoms with E-state index >= 15 is 0 Å². The molecule has 0 saturated heterocycles. The molecule has 0 aliphatic heterocycles. The van der Waals surface area contributed by atoms with Gasteiger partial charge in [-0.25, -0.2) is 9.18 Å². The van der Waals surface area contributed by atoms with Crippen LogP contribution in [-0.2, 0) is 4.79 Å². The Hall–Kier alpha value is -3.20. The molecule has 1 aromatic heterocycles. The van der Waals surface area contributed by atoms with Crippen molar-refractivity contribution in [2.24, 2.45) is 11.7 Å². The SMILES string of the molecule is Cc1ccc(-n2c(SC(C(=O)NC(N)=O)C(C)C)nnc2-c2ccccc2F)cc1. The largest absolute Gasteiger partial charge is 0.351 e. The second-order valence-corrected chi connectivity index (χ2v) is 8.20. The third kappa shape index (κ3) is 4.68. The minimum Gasteiger partial charge on any atom is -0.351 e. The number of carbonyl (C=O) groups excluding carboxylic acids is 2. The van der Waals surface area contributed by atoms with Gasteiger partial charge in [0, 0.05) is 5.69 Å². The Labute approximate surface area is 177 Å². The molecule has 156 valence electrons. The van der Waals surface area contributed by atoms with Gasteiger partial charge >= 0.3 is 6.03 Å². The van der Waals surface area contributed by atoms with E-state index in [0.717, 1.165) is 23.0 Å². The van der Waals surface area contributed by atoms with Gasteiger partial charge in [-0.3, -0.25) is 14.7 Å². The summed E-state index contributed by atoms with van der Waals surface area (Å²) in [7, 11) is 0. The Kier molecular flexibility index (Phi) is 6.51. The summed E-state index contributed by atoms with van der Waals surface area (Å²) in [6, 6.07) is 13.0. The number of rotatable bonds is 6. The van der Waals surface area contributed by atoms with Crippen LogP contribution in [0.3, 0.4) is 0 Å². The Balaban J connectivity index is 2.10. The second-order valence-electron chi connectivity index (χ2n) is 7.09. The lowest BCUT2D eigenvalue weighted by molar-refractivity contribution is -0.120. The summed E-state index contributed by atoms with van der Waals surface area (Å²) >= 11 is 1.14. The van der Waals surface area contributed by atoms with E-state index in [9.17, 15) is 14.0 Å². The van der Waals surface area contributed by atoms with Crippen LogP contribution >= 0.6 is 11.8 Å². The lowest BCUT2D eigenvalue weighted by Gasteiger charge is -2.19. The molecule has 30 heavy (non-hydrogen) atoms. The molecule has 0 fully saturated rings. The minimum absolute atomic E-state index is 0.130. The van der Waals surface area contributed by atoms with E-state index in [1.165, 1.54) is 6.07 Å². The zero-order valence-corrected chi connectivity index (χ0v) is 17.6. The number of thioether (sulfide) groups is 1. The third-order valence-corrected chi connectivity index (χ3v) is 5.87. The van der Waals surface area contributed by atoms with Gasteiger partial charge in [0.2, 0.25) is 5.91 Å². The topological polar surface area (TPSA) is 103 Å². The van der Waals surface area contributed by atoms with Crippen molar-refractivity contribution in [3.63, 3.8) is 0 Å². The number of benzene rings is 2. The number of imide groups is 1. The molecule has 7 nitrogen and oxygen atoms in total. The molecule has 3 aromatic rings. The highest BCUT2D eigenvalue weighted by molar-refractivity contribution is 8.00. The van der Waals surface area contributed by atoms with Crippen molar-refractivity contribution in [2.75, 3.05) is 0 Å². The van der Waals surface area contributed by atoms with Gasteiger partial charge in [0.15, 0.2) is 11.0 Å². The van der Waals surface area contributed by atoms with Crippen molar-refractivity contribution in [3.05, 3.63) is 59.9 Å². The molecule has 3 N–H and O–H groups in total. The molecule has 0 aliphatic rings. The van der Waals surface area contributed by atoms with Crippen molar-refractivity contribution >= 4 is 23.7 Å². The number of aromatic nitrogens is 3. The van der Waals surface area contributed by atoms with Crippen molar-refractivity contribution < 1.29 is 14.0 Å². The van der Waals surface area contributed by atoms with E-state index in [2.05, 4.69) is 15.5 Å². The van der Waals surface area contributed by atoms with E-state index in [1.54, 1.807) is 22.8 Å². The average Bonchev–Trinajstić information content (AvgIpc) is 3.09. The van der Waals surface area contributed by atoms with E-state index < -0.39 is 23.0 Å². The van der Waals surface area contributed by atoms with Crippen molar-refractivity contribution in [1.29, 1.82) is 0 Å². The van der Waals surface area contributed by atoms with Crippen LogP contribution in [-0.4, -0.2) is 32.0 Å². The predicted octanol–water partition coefficient (Wildman–Crippen LogP) is 3.69. The number of halogens is 1. The van der Waals surface area contributed by atoms with Crippen LogP contribution in [0.2, 0.25) is 0 Å². The maximum Gasteiger partial charge on any atom is 0.318 e. The normalized spacial score (nSPS) is 12.0. The number of primary amides is 1. The third-order valence-electron chi connectivity index (χ3n) is 4.38. The van der Waals surface area contributed by atoms with Crippen LogP contribution in [0.15, 0.2) is 53.7 Å². The summed E-state index contributed by atoms with van der Waals surface area (Å²) in [6.07, 6.45) is 0. The standard InChI is InChI=1S/C21H22FN5O2S/c1-12(2)17(19(28)24-20(23)29)30-21-26-25-18(15-6-4-5-7-16(15)22)27(21)14-10-8-13(3)9-11-14/h4-12,17H,1-3H3,(H3,23,24,28,29). The van der Waals surface area contributed by atoms with Crippen LogP contribution in [0.5, 0.6) is 0 Å². The Morgan fingerprint density at radius 1 is 1.10 bits per heavy atom. The summed E-state index contributed by atoms with van der Waals surface area (Å²) in [5.74, 6) is -0.762. The second kappa shape index (κ2) is 9.08. The smallest absolute Gasteiger partial charge is 0.318 e. The molecule has 0 saturated carbocycles. The van der Waals surface area contributed by atoms with E-state index in [-0.39, 0.29) is 5.92 Å². The molecule has 1 unspecified atom stereocenters. The average molecular weight is 428 g/mol. The molecule has 1 heterocycles. The van der Waals surface area contributed by atoms with Gasteiger partial charge in [-0.2, -0.15) is 0 Å². The summed E-state index contributed by atoms with van der Waals surface area (Å²) < 4.78 is 16.2. The van der Waals surface area contributed by atoms with Crippen LogP contribution in [0.25, 0.3) is 17.1 Å². The van der Waals surface area contributed by atoms with Gasteiger partial charge < -0.3 is 5.73 Å². The zero-order valence-electron chi connectivity index (χ0n) is 16.8. The minimum atomic E-state index is -0.918. The zero-order chi connectivity index (χ0) is 21.8. The molecule has 3 rings (SSSR count). The van der Waals surface area contributed by atoms with Gasteiger partial charge in [-0.05, 0) is 37.1 Å². The predicted molar refractivity (Wildman–Crippen MR) is 114 cm³/mol. The van der Waals surface area contributed by atoms with Crippen LogP contribution in [0.4, 0.5) is 9.18 Å². The fourth-order valence-electron chi connectivity index (χ4n) is 2.89. The first kappa shape index (κ1) is 21.5. The first-order chi connectivity index (χ1) is 14.3. The lowest BCUT2D eigenvalue weighted by atomic mass is 10.1. The first-order valence-electron chi connectivity index (χ1n) is 9.32. The Morgan fingerprint density at radius 3 is 2.37 bits per heavy atom. The van der Waals surface area contributed by atoms with Gasteiger partial charge in [-0.1, -0.05) is 55.4 Å². The molecule has 3 amide bonds. The molecule has 0 bridgehead atoms.